The summed E-state index contributed by atoms with van der Waals surface area (Å²) in [6.07, 6.45) is 0.342. The van der Waals surface area contributed by atoms with E-state index >= 15 is 0 Å². The van der Waals surface area contributed by atoms with Crippen LogP contribution in [0.1, 0.15) is 5.56 Å². The quantitative estimate of drug-likeness (QED) is 0.629. The molecule has 104 valence electrons. The van der Waals surface area contributed by atoms with Gasteiger partial charge in [0.15, 0.2) is 0 Å². The van der Waals surface area contributed by atoms with Gasteiger partial charge in [0.25, 0.3) is 0 Å². The zero-order valence-electron chi connectivity index (χ0n) is 10.5. The fourth-order valence-corrected chi connectivity index (χ4v) is 3.13. The molecule has 0 radical (unpaired) electrons. The van der Waals surface area contributed by atoms with E-state index < -0.39 is 10.7 Å². The molecule has 1 aliphatic heterocycles. The molecular weight excluding hydrogens is 285 g/mol. The number of nitro benzene ring substituents is 1. The Hall–Kier alpha value is -2.15. The van der Waals surface area contributed by atoms with Crippen molar-refractivity contribution in [1.82, 2.24) is 0 Å². The molecule has 5 nitrogen and oxygen atoms in total. The zero-order chi connectivity index (χ0) is 14.3. The maximum atomic E-state index is 14.2. The van der Waals surface area contributed by atoms with E-state index in [1.54, 1.807) is 10.8 Å². The summed E-state index contributed by atoms with van der Waals surface area (Å²) in [6, 6.07) is 0.912. The van der Waals surface area contributed by atoms with E-state index in [-0.39, 0.29) is 11.4 Å². The smallest absolute Gasteiger partial charge is 0.314 e. The van der Waals surface area contributed by atoms with Crippen molar-refractivity contribution in [3.63, 3.8) is 0 Å². The Morgan fingerprint density at radius 2 is 2.30 bits per heavy atom. The summed E-state index contributed by atoms with van der Waals surface area (Å²) < 4.78 is 24.9. The number of rotatable bonds is 2. The van der Waals surface area contributed by atoms with E-state index in [4.69, 9.17) is 9.47 Å². The fourth-order valence-electron chi connectivity index (χ4n) is 2.37. The molecule has 0 bridgehead atoms. The zero-order valence-corrected chi connectivity index (χ0v) is 11.3. The third-order valence-corrected chi connectivity index (χ3v) is 3.94. The van der Waals surface area contributed by atoms with E-state index in [9.17, 15) is 14.5 Å². The molecule has 0 saturated heterocycles. The number of fused-ring (bicyclic) bond motifs is 3. The molecule has 0 amide bonds. The van der Waals surface area contributed by atoms with Crippen LogP contribution in [0.4, 0.5) is 10.1 Å². The molecule has 0 saturated carbocycles. The first-order valence-corrected chi connectivity index (χ1v) is 6.81. The van der Waals surface area contributed by atoms with Crippen molar-refractivity contribution in [2.45, 2.75) is 6.42 Å². The van der Waals surface area contributed by atoms with Gasteiger partial charge in [-0.05, 0) is 0 Å². The molecule has 1 aromatic heterocycles. The molecule has 0 unspecified atom stereocenters. The van der Waals surface area contributed by atoms with Crippen LogP contribution < -0.4 is 9.47 Å². The highest BCUT2D eigenvalue weighted by atomic mass is 32.1. The summed E-state index contributed by atoms with van der Waals surface area (Å²) in [5.74, 6) is 0.0821. The van der Waals surface area contributed by atoms with Crippen molar-refractivity contribution in [2.24, 2.45) is 0 Å². The highest BCUT2D eigenvalue weighted by Crippen LogP contribution is 2.47. The third-order valence-electron chi connectivity index (χ3n) is 3.22. The van der Waals surface area contributed by atoms with Crippen LogP contribution in [0.2, 0.25) is 0 Å². The highest BCUT2D eigenvalue weighted by molar-refractivity contribution is 7.08. The lowest BCUT2D eigenvalue weighted by Gasteiger charge is -2.12. The average molecular weight is 295 g/mol. The number of thiophene rings is 1. The predicted octanol–water partition coefficient (Wildman–Crippen LogP) is 3.41. The fraction of sp³-hybridized carbons (Fsp3) is 0.231. The number of hydrogen-bond acceptors (Lipinski definition) is 5. The van der Waals surface area contributed by atoms with Gasteiger partial charge >= 0.3 is 5.69 Å². The average Bonchev–Trinajstić information content (AvgIpc) is 2.80. The van der Waals surface area contributed by atoms with E-state index in [2.05, 4.69) is 0 Å². The van der Waals surface area contributed by atoms with Gasteiger partial charge < -0.3 is 9.47 Å². The number of nitro groups is 1. The van der Waals surface area contributed by atoms with Crippen LogP contribution >= 0.6 is 11.3 Å². The van der Waals surface area contributed by atoms with Crippen LogP contribution in [0.15, 0.2) is 16.8 Å². The minimum absolute atomic E-state index is 0.0801. The summed E-state index contributed by atoms with van der Waals surface area (Å²) in [5, 5.41) is 14.7. The monoisotopic (exact) mass is 295 g/mol. The first kappa shape index (κ1) is 12.9. The summed E-state index contributed by atoms with van der Waals surface area (Å²) >= 11 is 1.39. The largest absolute Gasteiger partial charge is 0.492 e. The van der Waals surface area contributed by atoms with Gasteiger partial charge in [0, 0.05) is 33.9 Å². The normalized spacial score (nSPS) is 12.9. The molecule has 1 aromatic carbocycles. The number of benzene rings is 1. The van der Waals surface area contributed by atoms with Crippen LogP contribution in [-0.2, 0) is 6.42 Å². The predicted molar refractivity (Wildman–Crippen MR) is 72.1 cm³/mol. The van der Waals surface area contributed by atoms with Crippen LogP contribution in [0.3, 0.4) is 0 Å². The third kappa shape index (κ3) is 1.82. The second-order valence-corrected chi connectivity index (χ2v) is 5.01. The SMILES string of the molecule is COc1c([N+](=O)[O-])cc(F)c2c1-c1cscc1OCC2. The maximum Gasteiger partial charge on any atom is 0.314 e. The number of halogens is 1. The summed E-state index contributed by atoms with van der Waals surface area (Å²) in [7, 11) is 1.35. The number of hydrogen-bond donors (Lipinski definition) is 0. The van der Waals surface area contributed by atoms with Gasteiger partial charge in [0.1, 0.15) is 11.6 Å². The Bertz CT molecular complexity index is 698. The molecule has 0 fully saturated rings. The Morgan fingerprint density at radius 3 is 3.00 bits per heavy atom. The second-order valence-electron chi connectivity index (χ2n) is 4.27. The summed E-state index contributed by atoms with van der Waals surface area (Å²) in [5.41, 5.74) is 1.09. The van der Waals surface area contributed by atoms with E-state index in [1.165, 1.54) is 18.4 Å². The van der Waals surface area contributed by atoms with Crippen molar-refractivity contribution < 1.29 is 18.8 Å². The van der Waals surface area contributed by atoms with Gasteiger partial charge in [0.2, 0.25) is 5.75 Å². The Balaban J connectivity index is 2.39. The number of nitrogens with zero attached hydrogens (tertiary/aromatic N) is 1. The number of methoxy groups -OCH3 is 1. The van der Waals surface area contributed by atoms with Gasteiger partial charge in [-0.3, -0.25) is 10.1 Å². The molecule has 7 heteroatoms. The molecule has 2 aromatic rings. The van der Waals surface area contributed by atoms with Gasteiger partial charge in [-0.1, -0.05) is 0 Å². The molecule has 0 N–H and O–H groups in total. The Labute approximate surface area is 117 Å². The lowest BCUT2D eigenvalue weighted by molar-refractivity contribution is -0.385. The van der Waals surface area contributed by atoms with Gasteiger partial charge in [-0.25, -0.2) is 4.39 Å². The van der Waals surface area contributed by atoms with Crippen LogP contribution in [0.25, 0.3) is 11.1 Å². The van der Waals surface area contributed by atoms with E-state index in [0.29, 0.717) is 35.5 Å². The van der Waals surface area contributed by atoms with Crippen molar-refractivity contribution in [3.8, 4) is 22.6 Å². The van der Waals surface area contributed by atoms with Crippen molar-refractivity contribution >= 4 is 17.0 Å². The molecule has 2 heterocycles. The summed E-state index contributed by atoms with van der Waals surface area (Å²) in [6.45, 7) is 0.328. The lowest BCUT2D eigenvalue weighted by Crippen LogP contribution is -2.04. The molecule has 20 heavy (non-hydrogen) atoms. The topological polar surface area (TPSA) is 61.6 Å². The van der Waals surface area contributed by atoms with Crippen molar-refractivity contribution in [1.29, 1.82) is 0 Å². The standard InChI is InChI=1S/C13H10FNO4S/c1-18-13-10(15(16)17)4-9(14)7-2-3-19-11-6-20-5-8(11)12(7)13/h4-6H,2-3H2,1H3. The first-order chi connectivity index (χ1) is 9.63. The summed E-state index contributed by atoms with van der Waals surface area (Å²) in [4.78, 5) is 10.4. The molecule has 3 rings (SSSR count). The van der Waals surface area contributed by atoms with Gasteiger partial charge in [-0.15, -0.1) is 11.3 Å². The Kier molecular flexibility index (Phi) is 3.06. The lowest BCUT2D eigenvalue weighted by atomic mass is 9.97. The van der Waals surface area contributed by atoms with E-state index in [0.717, 1.165) is 6.07 Å². The minimum Gasteiger partial charge on any atom is -0.492 e. The first-order valence-electron chi connectivity index (χ1n) is 5.86. The minimum atomic E-state index is -0.639. The highest BCUT2D eigenvalue weighted by Gasteiger charge is 2.30. The van der Waals surface area contributed by atoms with Crippen molar-refractivity contribution in [2.75, 3.05) is 13.7 Å². The van der Waals surface area contributed by atoms with Gasteiger partial charge in [0.05, 0.1) is 24.7 Å². The molecule has 0 spiro atoms. The van der Waals surface area contributed by atoms with Crippen LogP contribution in [-0.4, -0.2) is 18.6 Å². The molecule has 0 aliphatic carbocycles. The van der Waals surface area contributed by atoms with E-state index in [1.807, 2.05) is 0 Å². The molecular formula is C13H10FNO4S. The van der Waals surface area contributed by atoms with Crippen molar-refractivity contribution in [3.05, 3.63) is 38.3 Å². The molecule has 1 aliphatic rings. The Morgan fingerprint density at radius 1 is 1.50 bits per heavy atom. The second kappa shape index (κ2) is 4.75. The van der Waals surface area contributed by atoms with Gasteiger partial charge in [-0.2, -0.15) is 0 Å². The molecule has 0 atom stereocenters. The number of ether oxygens (including phenoxy) is 2. The van der Waals surface area contributed by atoms with Crippen LogP contribution in [0.5, 0.6) is 11.5 Å². The maximum absolute atomic E-state index is 14.2. The van der Waals surface area contributed by atoms with Crippen LogP contribution in [0, 0.1) is 15.9 Å².